The van der Waals surface area contributed by atoms with Crippen LogP contribution in [0.3, 0.4) is 0 Å². The Hall–Kier alpha value is -1.20. The molecule has 1 N–H and O–H groups in total. The summed E-state index contributed by atoms with van der Waals surface area (Å²) in [4.78, 5) is 24.6. The molecule has 22 heavy (non-hydrogen) atoms. The zero-order valence-corrected chi connectivity index (χ0v) is 14.1. The van der Waals surface area contributed by atoms with Crippen LogP contribution in [0.4, 0.5) is 0 Å². The number of amides is 1. The van der Waals surface area contributed by atoms with E-state index in [9.17, 15) is 9.59 Å². The number of hydrogen-bond acceptors (Lipinski definition) is 4. The number of esters is 1. The summed E-state index contributed by atoms with van der Waals surface area (Å²) in [5.41, 5.74) is 0. The molecule has 0 radical (unpaired) electrons. The molecule has 1 aromatic carbocycles. The molecule has 2 rings (SSSR count). The van der Waals surface area contributed by atoms with E-state index in [0.717, 1.165) is 30.6 Å². The first kappa shape index (κ1) is 17.2. The molecular weight excluding hydrogens is 322 g/mol. The highest BCUT2D eigenvalue weighted by Crippen LogP contribution is 2.26. The number of thioether (sulfide) groups is 1. The van der Waals surface area contributed by atoms with Crippen molar-refractivity contribution in [1.82, 2.24) is 5.32 Å². The van der Waals surface area contributed by atoms with Crippen LogP contribution in [0.25, 0.3) is 0 Å². The number of nitrogens with one attached hydrogen (secondary N) is 1. The van der Waals surface area contributed by atoms with Crippen LogP contribution in [0.15, 0.2) is 29.2 Å². The van der Waals surface area contributed by atoms with Gasteiger partial charge in [-0.2, -0.15) is 0 Å². The molecule has 0 spiro atoms. The SMILES string of the molecule is CC(OC(=O)CSc1ccccc1Cl)C(=O)NC1CCCC1. The van der Waals surface area contributed by atoms with E-state index in [4.69, 9.17) is 16.3 Å². The fraction of sp³-hybridized carbons (Fsp3) is 0.500. The Morgan fingerprint density at radius 2 is 2.05 bits per heavy atom. The van der Waals surface area contributed by atoms with Crippen molar-refractivity contribution in [2.75, 3.05) is 5.75 Å². The van der Waals surface area contributed by atoms with Gasteiger partial charge in [-0.25, -0.2) is 0 Å². The third-order valence-electron chi connectivity index (χ3n) is 3.56. The molecule has 1 amide bonds. The van der Waals surface area contributed by atoms with Crippen molar-refractivity contribution in [2.45, 2.75) is 49.6 Å². The van der Waals surface area contributed by atoms with Crippen LogP contribution in [-0.4, -0.2) is 29.8 Å². The molecule has 0 aliphatic heterocycles. The van der Waals surface area contributed by atoms with E-state index in [0.29, 0.717) is 5.02 Å². The third-order valence-corrected chi connectivity index (χ3v) is 5.05. The van der Waals surface area contributed by atoms with Crippen LogP contribution in [0, 0.1) is 0 Å². The predicted octanol–water partition coefficient (Wildman–Crippen LogP) is 3.42. The van der Waals surface area contributed by atoms with Crippen LogP contribution in [-0.2, 0) is 14.3 Å². The molecule has 1 aliphatic rings. The molecule has 0 aromatic heterocycles. The summed E-state index contributed by atoms with van der Waals surface area (Å²) in [7, 11) is 0. The highest BCUT2D eigenvalue weighted by molar-refractivity contribution is 8.00. The van der Waals surface area contributed by atoms with Gasteiger partial charge in [-0.15, -0.1) is 11.8 Å². The van der Waals surface area contributed by atoms with Gasteiger partial charge < -0.3 is 10.1 Å². The van der Waals surface area contributed by atoms with Crippen molar-refractivity contribution in [3.8, 4) is 0 Å². The molecule has 6 heteroatoms. The number of rotatable bonds is 6. The van der Waals surface area contributed by atoms with Gasteiger partial charge in [0.05, 0.1) is 10.8 Å². The average Bonchev–Trinajstić information content (AvgIpc) is 2.99. The minimum Gasteiger partial charge on any atom is -0.452 e. The molecule has 1 saturated carbocycles. The van der Waals surface area contributed by atoms with Crippen molar-refractivity contribution in [1.29, 1.82) is 0 Å². The van der Waals surface area contributed by atoms with Crippen LogP contribution < -0.4 is 5.32 Å². The molecular formula is C16H20ClNO3S. The Morgan fingerprint density at radius 3 is 2.73 bits per heavy atom. The monoisotopic (exact) mass is 341 g/mol. The summed E-state index contributed by atoms with van der Waals surface area (Å²) in [6, 6.07) is 7.53. The summed E-state index contributed by atoms with van der Waals surface area (Å²) in [5.74, 6) is -0.507. The van der Waals surface area contributed by atoms with Gasteiger partial charge in [0.15, 0.2) is 6.10 Å². The number of hydrogen-bond donors (Lipinski definition) is 1. The molecule has 0 bridgehead atoms. The summed E-state index contributed by atoms with van der Waals surface area (Å²) >= 11 is 7.33. The maximum Gasteiger partial charge on any atom is 0.317 e. The predicted molar refractivity (Wildman–Crippen MR) is 88.1 cm³/mol. The van der Waals surface area contributed by atoms with Gasteiger partial charge in [-0.1, -0.05) is 36.6 Å². The van der Waals surface area contributed by atoms with Gasteiger partial charge in [0.1, 0.15) is 0 Å². The van der Waals surface area contributed by atoms with E-state index in [1.54, 1.807) is 13.0 Å². The molecule has 0 heterocycles. The molecule has 4 nitrogen and oxygen atoms in total. The van der Waals surface area contributed by atoms with Crippen LogP contribution in [0.5, 0.6) is 0 Å². The summed E-state index contributed by atoms with van der Waals surface area (Å²) in [6.45, 7) is 1.60. The van der Waals surface area contributed by atoms with Gasteiger partial charge >= 0.3 is 5.97 Å². The number of carbonyl (C=O) groups excluding carboxylic acids is 2. The number of carbonyl (C=O) groups is 2. The Labute approximate surface area is 139 Å². The van der Waals surface area contributed by atoms with Crippen molar-refractivity contribution in [3.63, 3.8) is 0 Å². The second-order valence-electron chi connectivity index (χ2n) is 5.34. The van der Waals surface area contributed by atoms with Crippen molar-refractivity contribution in [2.24, 2.45) is 0 Å². The lowest BCUT2D eigenvalue weighted by Gasteiger charge is -2.17. The van der Waals surface area contributed by atoms with E-state index in [-0.39, 0.29) is 17.7 Å². The Balaban J connectivity index is 1.73. The maximum atomic E-state index is 11.9. The largest absolute Gasteiger partial charge is 0.452 e. The second kappa shape index (κ2) is 8.44. The number of halogens is 1. The lowest BCUT2D eigenvalue weighted by atomic mass is 10.2. The standard InChI is InChI=1S/C16H20ClNO3S/c1-11(16(20)18-12-6-2-3-7-12)21-15(19)10-22-14-9-5-4-8-13(14)17/h4-5,8-9,11-12H,2-3,6-7,10H2,1H3,(H,18,20). The van der Waals surface area contributed by atoms with Crippen molar-refractivity contribution in [3.05, 3.63) is 29.3 Å². The normalized spacial score (nSPS) is 16.3. The highest BCUT2D eigenvalue weighted by Gasteiger charge is 2.23. The summed E-state index contributed by atoms with van der Waals surface area (Å²) in [5, 5.41) is 3.53. The lowest BCUT2D eigenvalue weighted by Crippen LogP contribution is -2.41. The number of benzene rings is 1. The first-order chi connectivity index (χ1) is 10.6. The van der Waals surface area contributed by atoms with Gasteiger partial charge in [-0.3, -0.25) is 9.59 Å². The first-order valence-electron chi connectivity index (χ1n) is 7.43. The van der Waals surface area contributed by atoms with E-state index in [2.05, 4.69) is 5.32 Å². The average molecular weight is 342 g/mol. The van der Waals surface area contributed by atoms with Gasteiger partial charge in [0.2, 0.25) is 0 Å². The van der Waals surface area contributed by atoms with Crippen LogP contribution in [0.2, 0.25) is 5.02 Å². The number of ether oxygens (including phenoxy) is 1. The van der Waals surface area contributed by atoms with Crippen LogP contribution >= 0.6 is 23.4 Å². The molecule has 1 aromatic rings. The zero-order valence-electron chi connectivity index (χ0n) is 12.5. The summed E-state index contributed by atoms with van der Waals surface area (Å²) in [6.07, 6.45) is 3.55. The topological polar surface area (TPSA) is 55.4 Å². The second-order valence-corrected chi connectivity index (χ2v) is 6.77. The molecule has 1 aliphatic carbocycles. The first-order valence-corrected chi connectivity index (χ1v) is 8.80. The highest BCUT2D eigenvalue weighted by atomic mass is 35.5. The third kappa shape index (κ3) is 5.21. The fourth-order valence-corrected chi connectivity index (χ4v) is 3.39. The fourth-order valence-electron chi connectivity index (χ4n) is 2.37. The lowest BCUT2D eigenvalue weighted by molar-refractivity contribution is -0.152. The Kier molecular flexibility index (Phi) is 6.58. The van der Waals surface area contributed by atoms with E-state index in [1.165, 1.54) is 11.8 Å². The Bertz CT molecular complexity index is 532. The smallest absolute Gasteiger partial charge is 0.317 e. The van der Waals surface area contributed by atoms with Crippen LogP contribution in [0.1, 0.15) is 32.6 Å². The van der Waals surface area contributed by atoms with E-state index >= 15 is 0 Å². The minimum absolute atomic E-state index is 0.130. The van der Waals surface area contributed by atoms with Gasteiger partial charge in [0, 0.05) is 10.9 Å². The van der Waals surface area contributed by atoms with Crippen molar-refractivity contribution >= 4 is 35.2 Å². The molecule has 0 saturated heterocycles. The van der Waals surface area contributed by atoms with Gasteiger partial charge in [-0.05, 0) is 31.9 Å². The van der Waals surface area contributed by atoms with Gasteiger partial charge in [0.25, 0.3) is 5.91 Å². The maximum absolute atomic E-state index is 11.9. The molecule has 1 unspecified atom stereocenters. The zero-order chi connectivity index (χ0) is 15.9. The quantitative estimate of drug-likeness (QED) is 0.636. The van der Waals surface area contributed by atoms with Crippen molar-refractivity contribution < 1.29 is 14.3 Å². The molecule has 1 atom stereocenters. The minimum atomic E-state index is -0.764. The summed E-state index contributed by atoms with van der Waals surface area (Å²) < 4.78 is 5.17. The van der Waals surface area contributed by atoms with E-state index in [1.807, 2.05) is 18.2 Å². The molecule has 120 valence electrons. The van der Waals surface area contributed by atoms with E-state index < -0.39 is 12.1 Å². The molecule has 1 fully saturated rings. The Morgan fingerprint density at radius 1 is 1.36 bits per heavy atom.